The zero-order chi connectivity index (χ0) is 19.3. The minimum absolute atomic E-state index is 0.0630. The Hall–Kier alpha value is -2.40. The fourth-order valence-electron chi connectivity index (χ4n) is 2.46. The normalized spacial score (nSPS) is 20.6. The van der Waals surface area contributed by atoms with Gasteiger partial charge in [0.1, 0.15) is 13.2 Å². The van der Waals surface area contributed by atoms with E-state index < -0.39 is 54.5 Å². The first-order valence-electron chi connectivity index (χ1n) is 7.65. The summed E-state index contributed by atoms with van der Waals surface area (Å²) in [6.07, 6.45) is -4.33. The average molecular weight is 378 g/mol. The number of carbonyl (C=O) groups is 2. The Labute approximate surface area is 145 Å². The number of nitrogens with zero attached hydrogens (tertiary/aromatic N) is 1. The zero-order valence-corrected chi connectivity index (χ0v) is 13.5. The van der Waals surface area contributed by atoms with Crippen LogP contribution in [0.1, 0.15) is 12.0 Å². The molecule has 1 aromatic heterocycles. The number of carboxylic acids is 1. The van der Waals surface area contributed by atoms with Gasteiger partial charge in [0.05, 0.1) is 24.3 Å². The summed E-state index contributed by atoms with van der Waals surface area (Å²) in [4.78, 5) is 34.4. The Bertz CT molecular complexity index is 718. The molecular weight excluding hydrogens is 361 g/mol. The molecule has 26 heavy (non-hydrogen) atoms. The third-order valence-electron chi connectivity index (χ3n) is 3.68. The maximum absolute atomic E-state index is 12.7. The molecule has 1 amide bonds. The summed E-state index contributed by atoms with van der Waals surface area (Å²) in [5.74, 6) is -1.89. The molecule has 1 saturated heterocycles. The Morgan fingerprint density at radius 3 is 2.77 bits per heavy atom. The van der Waals surface area contributed by atoms with Crippen LogP contribution in [-0.2, 0) is 31.8 Å². The number of nitrogens with one attached hydrogen (secondary N) is 1. The van der Waals surface area contributed by atoms with Crippen LogP contribution in [0.5, 0.6) is 0 Å². The van der Waals surface area contributed by atoms with Gasteiger partial charge in [-0.2, -0.15) is 13.2 Å². The van der Waals surface area contributed by atoms with Crippen molar-refractivity contribution in [3.8, 4) is 0 Å². The van der Waals surface area contributed by atoms with Gasteiger partial charge in [-0.25, -0.2) is 4.79 Å². The van der Waals surface area contributed by atoms with E-state index in [0.29, 0.717) is 29.9 Å². The van der Waals surface area contributed by atoms with Crippen molar-refractivity contribution in [2.75, 3.05) is 19.8 Å². The molecule has 144 valence electrons. The second-order valence-electron chi connectivity index (χ2n) is 5.66. The number of alkyl halides is 3. The van der Waals surface area contributed by atoms with Crippen LogP contribution in [0.4, 0.5) is 13.2 Å². The van der Waals surface area contributed by atoms with E-state index in [1.54, 1.807) is 0 Å². The highest BCUT2D eigenvalue weighted by molar-refractivity contribution is 5.76. The van der Waals surface area contributed by atoms with Crippen molar-refractivity contribution in [1.29, 1.82) is 0 Å². The standard InChI is InChI=1S/C15H17F3N2O6/c16-15(17,18)9-1-2-13(22)20(5-9)6-12(21)19-10-7-25-4-3-11(10)26-8-14(23)24/h1-2,5,10-11H,3-4,6-8H2,(H,19,21)(H,23,24)/t10-,11+/m0/s1. The molecule has 2 atom stereocenters. The summed E-state index contributed by atoms with van der Waals surface area (Å²) in [6.45, 7) is -0.785. The van der Waals surface area contributed by atoms with Crippen molar-refractivity contribution in [2.45, 2.75) is 31.3 Å². The van der Waals surface area contributed by atoms with E-state index in [4.69, 9.17) is 14.6 Å². The maximum Gasteiger partial charge on any atom is 0.417 e. The molecule has 11 heteroatoms. The first-order chi connectivity index (χ1) is 12.2. The summed E-state index contributed by atoms with van der Waals surface area (Å²) in [6, 6.07) is 0.706. The molecule has 0 aromatic carbocycles. The molecule has 0 bridgehead atoms. The Morgan fingerprint density at radius 1 is 1.38 bits per heavy atom. The van der Waals surface area contributed by atoms with Crippen LogP contribution in [0.15, 0.2) is 23.1 Å². The quantitative estimate of drug-likeness (QED) is 0.735. The number of carboxylic acid groups (broad SMARTS) is 1. The summed E-state index contributed by atoms with van der Waals surface area (Å²) < 4.78 is 49.2. The molecule has 1 aromatic rings. The molecule has 8 nitrogen and oxygen atoms in total. The number of hydrogen-bond donors (Lipinski definition) is 2. The summed E-state index contributed by atoms with van der Waals surface area (Å²) in [5, 5.41) is 11.2. The van der Waals surface area contributed by atoms with E-state index in [9.17, 15) is 27.6 Å². The zero-order valence-electron chi connectivity index (χ0n) is 13.5. The monoisotopic (exact) mass is 378 g/mol. The molecular formula is C15H17F3N2O6. The van der Waals surface area contributed by atoms with E-state index in [-0.39, 0.29) is 6.61 Å². The number of amides is 1. The van der Waals surface area contributed by atoms with Crippen LogP contribution in [0.3, 0.4) is 0 Å². The largest absolute Gasteiger partial charge is 0.480 e. The van der Waals surface area contributed by atoms with E-state index >= 15 is 0 Å². The van der Waals surface area contributed by atoms with E-state index in [2.05, 4.69) is 5.32 Å². The van der Waals surface area contributed by atoms with Gasteiger partial charge >= 0.3 is 12.1 Å². The lowest BCUT2D eigenvalue weighted by molar-refractivity contribution is -0.148. The number of rotatable bonds is 6. The van der Waals surface area contributed by atoms with E-state index in [1.165, 1.54) is 0 Å². The van der Waals surface area contributed by atoms with Crippen LogP contribution >= 0.6 is 0 Å². The molecule has 0 radical (unpaired) electrons. The van der Waals surface area contributed by atoms with Crippen molar-refractivity contribution < 1.29 is 37.3 Å². The highest BCUT2D eigenvalue weighted by Crippen LogP contribution is 2.27. The van der Waals surface area contributed by atoms with Crippen LogP contribution < -0.4 is 10.9 Å². The third kappa shape index (κ3) is 5.56. The number of carbonyl (C=O) groups excluding carboxylic acids is 1. The minimum atomic E-state index is -4.64. The van der Waals surface area contributed by atoms with E-state index in [1.807, 2.05) is 0 Å². The lowest BCUT2D eigenvalue weighted by atomic mass is 10.1. The van der Waals surface area contributed by atoms with Crippen molar-refractivity contribution in [3.63, 3.8) is 0 Å². The van der Waals surface area contributed by atoms with Crippen LogP contribution in [-0.4, -0.2) is 53.5 Å². The van der Waals surface area contributed by atoms with Crippen LogP contribution in [0.2, 0.25) is 0 Å². The fourth-order valence-corrected chi connectivity index (χ4v) is 2.46. The van der Waals surface area contributed by atoms with Gasteiger partial charge in [-0.3, -0.25) is 9.59 Å². The van der Waals surface area contributed by atoms with Crippen molar-refractivity contribution in [3.05, 3.63) is 34.2 Å². The van der Waals surface area contributed by atoms with Gasteiger partial charge in [0.25, 0.3) is 5.56 Å². The summed E-state index contributed by atoms with van der Waals surface area (Å²) in [5.41, 5.74) is -1.81. The topological polar surface area (TPSA) is 107 Å². The highest BCUT2D eigenvalue weighted by atomic mass is 19.4. The molecule has 1 fully saturated rings. The predicted molar refractivity (Wildman–Crippen MR) is 80.4 cm³/mol. The molecule has 1 aliphatic heterocycles. The number of aliphatic carboxylic acids is 1. The molecule has 0 aliphatic carbocycles. The summed E-state index contributed by atoms with van der Waals surface area (Å²) >= 11 is 0. The minimum Gasteiger partial charge on any atom is -0.480 e. The first kappa shape index (κ1) is 19.9. The smallest absolute Gasteiger partial charge is 0.417 e. The van der Waals surface area contributed by atoms with Gasteiger partial charge in [-0.05, 0) is 12.5 Å². The number of aromatic nitrogens is 1. The van der Waals surface area contributed by atoms with Gasteiger partial charge in [0.2, 0.25) is 5.91 Å². The summed E-state index contributed by atoms with van der Waals surface area (Å²) in [7, 11) is 0. The van der Waals surface area contributed by atoms with Crippen LogP contribution in [0.25, 0.3) is 0 Å². The average Bonchev–Trinajstić information content (AvgIpc) is 2.55. The third-order valence-corrected chi connectivity index (χ3v) is 3.68. The van der Waals surface area contributed by atoms with Gasteiger partial charge in [-0.1, -0.05) is 0 Å². The predicted octanol–water partition coefficient (Wildman–Crippen LogP) is 0.242. The molecule has 1 aliphatic rings. The van der Waals surface area contributed by atoms with Gasteiger partial charge in [0, 0.05) is 18.9 Å². The molecule has 2 N–H and O–H groups in total. The van der Waals surface area contributed by atoms with Gasteiger partial charge in [-0.15, -0.1) is 0 Å². The Balaban J connectivity index is 2.03. The van der Waals surface area contributed by atoms with Crippen LogP contribution in [0, 0.1) is 0 Å². The maximum atomic E-state index is 12.7. The number of ether oxygens (including phenoxy) is 2. The number of pyridine rings is 1. The molecule has 2 rings (SSSR count). The lowest BCUT2D eigenvalue weighted by Crippen LogP contribution is -2.52. The first-order valence-corrected chi connectivity index (χ1v) is 7.65. The lowest BCUT2D eigenvalue weighted by Gasteiger charge is -2.31. The Kier molecular flexibility index (Phi) is 6.37. The number of halogens is 3. The van der Waals surface area contributed by atoms with Gasteiger partial charge < -0.3 is 24.5 Å². The Morgan fingerprint density at radius 2 is 2.12 bits per heavy atom. The molecule has 0 saturated carbocycles. The molecule has 0 spiro atoms. The SMILES string of the molecule is O=C(O)CO[C@@H]1CCOC[C@@H]1NC(=O)Cn1cc(C(F)(F)F)ccc1=O. The molecule has 0 unspecified atom stereocenters. The van der Waals surface area contributed by atoms with Crippen molar-refractivity contribution in [2.24, 2.45) is 0 Å². The highest BCUT2D eigenvalue weighted by Gasteiger charge is 2.32. The second kappa shape index (κ2) is 8.32. The van der Waals surface area contributed by atoms with Gasteiger partial charge in [0.15, 0.2) is 0 Å². The van der Waals surface area contributed by atoms with Crippen molar-refractivity contribution >= 4 is 11.9 Å². The number of hydrogen-bond acceptors (Lipinski definition) is 5. The molecule has 2 heterocycles. The fraction of sp³-hybridized carbons (Fsp3) is 0.533. The second-order valence-corrected chi connectivity index (χ2v) is 5.66. The van der Waals surface area contributed by atoms with Crippen molar-refractivity contribution in [1.82, 2.24) is 9.88 Å². The van der Waals surface area contributed by atoms with E-state index in [0.717, 1.165) is 6.07 Å².